The van der Waals surface area contributed by atoms with Gasteiger partial charge in [0.05, 0.1) is 6.04 Å². The van der Waals surface area contributed by atoms with Gasteiger partial charge in [0.1, 0.15) is 4.88 Å². The first-order valence-corrected chi connectivity index (χ1v) is 9.59. The van der Waals surface area contributed by atoms with E-state index < -0.39 is 12.1 Å². The quantitative estimate of drug-likeness (QED) is 0.641. The van der Waals surface area contributed by atoms with Crippen molar-refractivity contribution in [3.8, 4) is 0 Å². The van der Waals surface area contributed by atoms with E-state index in [2.05, 4.69) is 5.32 Å². The Labute approximate surface area is 162 Å². The smallest absolute Gasteiger partial charge is 0.349 e. The second-order valence-electron chi connectivity index (χ2n) is 6.24. The average molecular weight is 379 g/mol. The molecule has 0 fully saturated rings. The molecular weight excluding hydrogens is 358 g/mol. The summed E-state index contributed by atoms with van der Waals surface area (Å²) in [5.74, 6) is -0.809. The fraction of sp³-hybridized carbons (Fsp3) is 0.182. The second kappa shape index (κ2) is 8.64. The van der Waals surface area contributed by atoms with E-state index in [0.717, 1.165) is 16.7 Å². The molecule has 1 amide bonds. The molecule has 1 atom stereocenters. The SMILES string of the molecule is Cc1ccsc1C(=O)O[C@H](C)C(=O)NC(c1ccccc1)c1ccccc1. The summed E-state index contributed by atoms with van der Waals surface area (Å²) in [6, 6.07) is 21.0. The summed E-state index contributed by atoms with van der Waals surface area (Å²) in [6.45, 7) is 3.43. The number of aryl methyl sites for hydroxylation is 1. The number of ether oxygens (including phenoxy) is 1. The van der Waals surface area contributed by atoms with Gasteiger partial charge in [0.25, 0.3) is 5.91 Å². The summed E-state index contributed by atoms with van der Waals surface area (Å²) in [6.07, 6.45) is -0.895. The molecule has 5 heteroatoms. The minimum absolute atomic E-state index is 0.315. The highest BCUT2D eigenvalue weighted by Gasteiger charge is 2.24. The lowest BCUT2D eigenvalue weighted by Gasteiger charge is -2.22. The Hall–Kier alpha value is -2.92. The first-order valence-electron chi connectivity index (χ1n) is 8.71. The van der Waals surface area contributed by atoms with E-state index in [1.807, 2.05) is 79.0 Å². The number of rotatable bonds is 6. The molecular formula is C22H21NO3S. The first kappa shape index (κ1) is 18.9. The molecule has 0 radical (unpaired) electrons. The number of esters is 1. The van der Waals surface area contributed by atoms with Gasteiger partial charge in [-0.2, -0.15) is 0 Å². The lowest BCUT2D eigenvalue weighted by atomic mass is 9.98. The van der Waals surface area contributed by atoms with Crippen LogP contribution in [0.3, 0.4) is 0 Å². The van der Waals surface area contributed by atoms with E-state index in [1.54, 1.807) is 6.92 Å². The summed E-state index contributed by atoms with van der Waals surface area (Å²) < 4.78 is 5.37. The molecule has 3 rings (SSSR count). The third-order valence-electron chi connectivity index (χ3n) is 4.25. The molecule has 1 aromatic heterocycles. The normalized spacial score (nSPS) is 11.8. The molecule has 138 valence electrons. The Balaban J connectivity index is 1.74. The van der Waals surface area contributed by atoms with Crippen molar-refractivity contribution in [1.29, 1.82) is 0 Å². The van der Waals surface area contributed by atoms with E-state index in [1.165, 1.54) is 11.3 Å². The van der Waals surface area contributed by atoms with Crippen molar-refractivity contribution in [2.75, 3.05) is 0 Å². The number of nitrogens with one attached hydrogen (secondary N) is 1. The fourth-order valence-corrected chi connectivity index (χ4v) is 3.57. The summed E-state index contributed by atoms with van der Waals surface area (Å²) in [5, 5.41) is 4.83. The highest BCUT2D eigenvalue weighted by atomic mass is 32.1. The van der Waals surface area contributed by atoms with E-state index in [0.29, 0.717) is 4.88 Å². The predicted molar refractivity (Wildman–Crippen MR) is 107 cm³/mol. The monoisotopic (exact) mass is 379 g/mol. The third-order valence-corrected chi connectivity index (χ3v) is 5.25. The molecule has 27 heavy (non-hydrogen) atoms. The number of hydrogen-bond donors (Lipinski definition) is 1. The van der Waals surface area contributed by atoms with E-state index >= 15 is 0 Å². The molecule has 1 heterocycles. The number of carbonyl (C=O) groups is 2. The maximum atomic E-state index is 12.7. The summed E-state index contributed by atoms with van der Waals surface area (Å²) in [7, 11) is 0. The van der Waals surface area contributed by atoms with Gasteiger partial charge < -0.3 is 10.1 Å². The molecule has 1 N–H and O–H groups in total. The maximum absolute atomic E-state index is 12.7. The van der Waals surface area contributed by atoms with Gasteiger partial charge in [-0.05, 0) is 42.0 Å². The van der Waals surface area contributed by atoms with Gasteiger partial charge in [-0.15, -0.1) is 11.3 Å². The molecule has 3 aromatic rings. The van der Waals surface area contributed by atoms with Crippen LogP contribution in [0.4, 0.5) is 0 Å². The van der Waals surface area contributed by atoms with Crippen LogP contribution in [-0.4, -0.2) is 18.0 Å². The van der Waals surface area contributed by atoms with Crippen molar-refractivity contribution in [2.24, 2.45) is 0 Å². The Kier molecular flexibility index (Phi) is 6.04. The van der Waals surface area contributed by atoms with Crippen LogP contribution in [0.5, 0.6) is 0 Å². The van der Waals surface area contributed by atoms with Crippen LogP contribution in [0.1, 0.15) is 39.3 Å². The molecule has 0 spiro atoms. The van der Waals surface area contributed by atoms with Crippen LogP contribution in [0.2, 0.25) is 0 Å². The zero-order valence-electron chi connectivity index (χ0n) is 15.2. The largest absolute Gasteiger partial charge is 0.448 e. The lowest BCUT2D eigenvalue weighted by Crippen LogP contribution is -2.38. The van der Waals surface area contributed by atoms with Gasteiger partial charge in [0, 0.05) is 0 Å². The molecule has 2 aromatic carbocycles. The maximum Gasteiger partial charge on any atom is 0.349 e. The van der Waals surface area contributed by atoms with Gasteiger partial charge in [-0.1, -0.05) is 60.7 Å². The third kappa shape index (κ3) is 4.63. The Bertz CT molecular complexity index is 866. The van der Waals surface area contributed by atoms with Gasteiger partial charge in [0.2, 0.25) is 0 Å². The predicted octanol–water partition coefficient (Wildman–Crippen LogP) is 4.51. The van der Waals surface area contributed by atoms with Crippen molar-refractivity contribution in [3.05, 3.63) is 93.7 Å². The van der Waals surface area contributed by atoms with Crippen molar-refractivity contribution in [3.63, 3.8) is 0 Å². The molecule has 0 bridgehead atoms. The van der Waals surface area contributed by atoms with Crippen LogP contribution in [0, 0.1) is 6.92 Å². The highest BCUT2D eigenvalue weighted by Crippen LogP contribution is 2.22. The lowest BCUT2D eigenvalue weighted by molar-refractivity contribution is -0.129. The van der Waals surface area contributed by atoms with E-state index in [9.17, 15) is 9.59 Å². The zero-order valence-corrected chi connectivity index (χ0v) is 16.0. The van der Waals surface area contributed by atoms with E-state index in [-0.39, 0.29) is 11.9 Å². The van der Waals surface area contributed by atoms with Crippen LogP contribution in [0.25, 0.3) is 0 Å². The van der Waals surface area contributed by atoms with E-state index in [4.69, 9.17) is 4.74 Å². The minimum Gasteiger partial charge on any atom is -0.448 e. The van der Waals surface area contributed by atoms with Crippen LogP contribution in [-0.2, 0) is 9.53 Å². The topological polar surface area (TPSA) is 55.4 Å². The molecule has 4 nitrogen and oxygen atoms in total. The Morgan fingerprint density at radius 1 is 0.926 bits per heavy atom. The number of amides is 1. The molecule has 0 aliphatic heterocycles. The number of carbonyl (C=O) groups excluding carboxylic acids is 2. The van der Waals surface area contributed by atoms with Gasteiger partial charge in [0.15, 0.2) is 6.10 Å². The zero-order chi connectivity index (χ0) is 19.2. The Morgan fingerprint density at radius 2 is 1.48 bits per heavy atom. The molecule has 0 aliphatic rings. The number of thiophene rings is 1. The standard InChI is InChI=1S/C22H21NO3S/c1-15-13-14-27-20(15)22(25)26-16(2)21(24)23-19(17-9-5-3-6-10-17)18-11-7-4-8-12-18/h3-14,16,19H,1-2H3,(H,23,24)/t16-/m1/s1. The van der Waals surface area contributed by atoms with Crippen LogP contribution in [0.15, 0.2) is 72.1 Å². The fourth-order valence-electron chi connectivity index (χ4n) is 2.76. The van der Waals surface area contributed by atoms with Crippen molar-refractivity contribution in [2.45, 2.75) is 26.0 Å². The van der Waals surface area contributed by atoms with Gasteiger partial charge in [-0.25, -0.2) is 4.79 Å². The first-order chi connectivity index (χ1) is 13.1. The molecule has 0 unspecified atom stereocenters. The van der Waals surface area contributed by atoms with Crippen molar-refractivity contribution >= 4 is 23.2 Å². The molecule has 0 saturated carbocycles. The summed E-state index contributed by atoms with van der Waals surface area (Å²) in [4.78, 5) is 25.5. The van der Waals surface area contributed by atoms with Crippen molar-refractivity contribution < 1.29 is 14.3 Å². The number of benzene rings is 2. The molecule has 0 aliphatic carbocycles. The Morgan fingerprint density at radius 3 is 1.96 bits per heavy atom. The average Bonchev–Trinajstić information content (AvgIpc) is 3.13. The summed E-state index contributed by atoms with van der Waals surface area (Å²) >= 11 is 1.31. The van der Waals surface area contributed by atoms with Crippen LogP contribution >= 0.6 is 11.3 Å². The molecule has 0 saturated heterocycles. The minimum atomic E-state index is -0.895. The van der Waals surface area contributed by atoms with Crippen LogP contribution < -0.4 is 5.32 Å². The number of hydrogen-bond acceptors (Lipinski definition) is 4. The van der Waals surface area contributed by atoms with Gasteiger partial charge >= 0.3 is 5.97 Å². The van der Waals surface area contributed by atoms with Gasteiger partial charge in [-0.3, -0.25) is 4.79 Å². The summed E-state index contributed by atoms with van der Waals surface area (Å²) in [5.41, 5.74) is 2.78. The van der Waals surface area contributed by atoms with Crippen molar-refractivity contribution in [1.82, 2.24) is 5.32 Å². The second-order valence-corrected chi connectivity index (χ2v) is 7.16. The highest BCUT2D eigenvalue weighted by molar-refractivity contribution is 7.12.